The Morgan fingerprint density at radius 2 is 2.28 bits per heavy atom. The Morgan fingerprint density at radius 1 is 1.50 bits per heavy atom. The maximum absolute atomic E-state index is 13.3. The third-order valence-corrected chi connectivity index (χ3v) is 3.44. The maximum Gasteiger partial charge on any atom is 0.125 e. The molecule has 0 bridgehead atoms. The number of halogens is 2. The summed E-state index contributed by atoms with van der Waals surface area (Å²) in [7, 11) is 0. The van der Waals surface area contributed by atoms with E-state index in [1.807, 2.05) is 0 Å². The third-order valence-electron chi connectivity index (χ3n) is 3.22. The van der Waals surface area contributed by atoms with Crippen LogP contribution in [0.25, 0.3) is 0 Å². The molecular weight excluding hydrogens is 257 g/mol. The largest absolute Gasteiger partial charge is 0.387 e. The van der Waals surface area contributed by atoms with Crippen molar-refractivity contribution in [2.24, 2.45) is 5.41 Å². The first-order valence-electron chi connectivity index (χ1n) is 5.70. The number of hydrogen-bond donors (Lipinski definition) is 1. The van der Waals surface area contributed by atoms with E-state index in [0.717, 1.165) is 6.07 Å². The van der Waals surface area contributed by atoms with Gasteiger partial charge in [0.15, 0.2) is 0 Å². The summed E-state index contributed by atoms with van der Waals surface area (Å²) >= 11 is 5.76. The van der Waals surface area contributed by atoms with Crippen LogP contribution < -0.4 is 0 Å². The van der Waals surface area contributed by atoms with Crippen molar-refractivity contribution >= 4 is 11.6 Å². The smallest absolute Gasteiger partial charge is 0.125 e. The minimum atomic E-state index is -1.10. The first-order chi connectivity index (χ1) is 8.57. The molecule has 1 fully saturated rings. The maximum atomic E-state index is 13.3. The van der Waals surface area contributed by atoms with Gasteiger partial charge in [0, 0.05) is 11.6 Å². The number of nitrogens with zero attached hydrogens (tertiary/aromatic N) is 1. The molecule has 1 aromatic carbocycles. The summed E-state index contributed by atoms with van der Waals surface area (Å²) in [4.78, 5) is 0. The number of aliphatic hydroxyl groups is 1. The van der Waals surface area contributed by atoms with Crippen molar-refractivity contribution < 1.29 is 14.2 Å². The van der Waals surface area contributed by atoms with Gasteiger partial charge in [0.25, 0.3) is 0 Å². The lowest BCUT2D eigenvalue weighted by molar-refractivity contribution is -0.0506. The fourth-order valence-electron chi connectivity index (χ4n) is 2.23. The number of aliphatic hydroxyl groups excluding tert-OH is 1. The minimum Gasteiger partial charge on any atom is -0.387 e. The van der Waals surface area contributed by atoms with Gasteiger partial charge in [-0.25, -0.2) is 4.39 Å². The Balaban J connectivity index is 2.34. The van der Waals surface area contributed by atoms with Crippen LogP contribution in [0.5, 0.6) is 0 Å². The van der Waals surface area contributed by atoms with Crippen LogP contribution >= 0.6 is 11.6 Å². The summed E-state index contributed by atoms with van der Waals surface area (Å²) in [5.74, 6) is -0.527. The zero-order valence-corrected chi connectivity index (χ0v) is 10.5. The average Bonchev–Trinajstić information content (AvgIpc) is 2.37. The number of benzene rings is 1. The fourth-order valence-corrected chi connectivity index (χ4v) is 2.46. The summed E-state index contributed by atoms with van der Waals surface area (Å²) < 4.78 is 18.5. The van der Waals surface area contributed by atoms with Gasteiger partial charge < -0.3 is 9.84 Å². The van der Waals surface area contributed by atoms with Crippen LogP contribution in [0.1, 0.15) is 24.5 Å². The zero-order valence-electron chi connectivity index (χ0n) is 9.70. The van der Waals surface area contributed by atoms with Crippen molar-refractivity contribution in [2.45, 2.75) is 18.9 Å². The van der Waals surface area contributed by atoms with E-state index < -0.39 is 17.3 Å². The van der Waals surface area contributed by atoms with Gasteiger partial charge in [-0.05, 0) is 36.6 Å². The van der Waals surface area contributed by atoms with Crippen LogP contribution in [-0.2, 0) is 4.74 Å². The van der Waals surface area contributed by atoms with Crippen LogP contribution in [0.15, 0.2) is 18.2 Å². The lowest BCUT2D eigenvalue weighted by Gasteiger charge is -2.35. The van der Waals surface area contributed by atoms with E-state index in [1.165, 1.54) is 12.1 Å². The fraction of sp³-hybridized carbons (Fsp3) is 0.462. The van der Waals surface area contributed by atoms with Crippen molar-refractivity contribution in [2.75, 3.05) is 13.2 Å². The molecule has 1 aliphatic rings. The van der Waals surface area contributed by atoms with Crippen LogP contribution in [-0.4, -0.2) is 18.3 Å². The number of rotatable bonds is 2. The quantitative estimate of drug-likeness (QED) is 0.898. The van der Waals surface area contributed by atoms with E-state index in [0.29, 0.717) is 25.0 Å². The van der Waals surface area contributed by atoms with Crippen molar-refractivity contribution in [1.82, 2.24) is 0 Å². The summed E-state index contributed by atoms with van der Waals surface area (Å²) in [6, 6.07) is 5.95. The monoisotopic (exact) mass is 269 g/mol. The summed E-state index contributed by atoms with van der Waals surface area (Å²) in [5, 5.41) is 19.8. The summed E-state index contributed by atoms with van der Waals surface area (Å²) in [6.45, 7) is 0.735. The summed E-state index contributed by atoms with van der Waals surface area (Å²) in [5.41, 5.74) is -0.706. The first kappa shape index (κ1) is 13.3. The highest BCUT2D eigenvalue weighted by atomic mass is 35.5. The van der Waals surface area contributed by atoms with E-state index in [2.05, 4.69) is 6.07 Å². The Labute approximate surface area is 110 Å². The van der Waals surface area contributed by atoms with E-state index in [4.69, 9.17) is 16.3 Å². The lowest BCUT2D eigenvalue weighted by atomic mass is 9.76. The molecule has 1 saturated heterocycles. The van der Waals surface area contributed by atoms with E-state index in [9.17, 15) is 14.8 Å². The minimum absolute atomic E-state index is 0.152. The van der Waals surface area contributed by atoms with E-state index in [-0.39, 0.29) is 11.6 Å². The predicted octanol–water partition coefficient (Wildman–Crippen LogP) is 2.83. The van der Waals surface area contributed by atoms with Crippen LogP contribution in [0.2, 0.25) is 5.02 Å². The average molecular weight is 270 g/mol. The van der Waals surface area contributed by atoms with E-state index >= 15 is 0 Å². The second kappa shape index (κ2) is 5.23. The van der Waals surface area contributed by atoms with E-state index in [1.54, 1.807) is 0 Å². The molecule has 0 aromatic heterocycles. The standard InChI is InChI=1S/C13H13ClFNO2/c14-10-4-9(5-11(15)6-10)12(17)13(7-16)2-1-3-18-8-13/h4-6,12,17H,1-3,8H2. The third kappa shape index (κ3) is 2.49. The molecule has 1 aliphatic heterocycles. The Bertz CT molecular complexity index is 460. The van der Waals surface area contributed by atoms with Gasteiger partial charge in [-0.2, -0.15) is 5.26 Å². The van der Waals surface area contributed by atoms with Gasteiger partial charge in [-0.15, -0.1) is 0 Å². The molecule has 0 aliphatic carbocycles. The van der Waals surface area contributed by atoms with Crippen molar-refractivity contribution in [3.05, 3.63) is 34.6 Å². The van der Waals surface area contributed by atoms with Gasteiger partial charge in [-0.1, -0.05) is 11.6 Å². The molecule has 1 heterocycles. The van der Waals surface area contributed by atoms with Gasteiger partial charge >= 0.3 is 0 Å². The highest BCUT2D eigenvalue weighted by Gasteiger charge is 2.41. The molecule has 0 amide bonds. The SMILES string of the molecule is N#CC1(C(O)c2cc(F)cc(Cl)c2)CCCOC1. The molecule has 3 nitrogen and oxygen atoms in total. The number of nitriles is 1. The normalized spacial score (nSPS) is 25.4. The topological polar surface area (TPSA) is 53.2 Å². The molecule has 0 spiro atoms. The molecule has 2 rings (SSSR count). The molecular formula is C13H13ClFNO2. The highest BCUT2D eigenvalue weighted by Crippen LogP contribution is 2.41. The van der Waals surface area contributed by atoms with Crippen molar-refractivity contribution in [1.29, 1.82) is 5.26 Å². The molecule has 2 atom stereocenters. The van der Waals surface area contributed by atoms with Crippen LogP contribution in [0.4, 0.5) is 4.39 Å². The zero-order chi connectivity index (χ0) is 13.2. The van der Waals surface area contributed by atoms with Gasteiger partial charge in [0.1, 0.15) is 17.3 Å². The van der Waals surface area contributed by atoms with Crippen LogP contribution in [0.3, 0.4) is 0 Å². The second-order valence-corrected chi connectivity index (χ2v) is 4.97. The van der Waals surface area contributed by atoms with Gasteiger partial charge in [0.2, 0.25) is 0 Å². The Hall–Kier alpha value is -1.15. The van der Waals surface area contributed by atoms with Gasteiger partial charge in [0.05, 0.1) is 12.7 Å². The first-order valence-corrected chi connectivity index (χ1v) is 6.08. The molecule has 0 saturated carbocycles. The predicted molar refractivity (Wildman–Crippen MR) is 64.5 cm³/mol. The van der Waals surface area contributed by atoms with Crippen molar-refractivity contribution in [3.63, 3.8) is 0 Å². The molecule has 0 radical (unpaired) electrons. The molecule has 18 heavy (non-hydrogen) atoms. The summed E-state index contributed by atoms with van der Waals surface area (Å²) in [6.07, 6.45) is 0.128. The van der Waals surface area contributed by atoms with Gasteiger partial charge in [-0.3, -0.25) is 0 Å². The Morgan fingerprint density at radius 3 is 2.83 bits per heavy atom. The molecule has 1 aromatic rings. The Kier molecular flexibility index (Phi) is 3.86. The number of hydrogen-bond acceptors (Lipinski definition) is 3. The second-order valence-electron chi connectivity index (χ2n) is 4.53. The molecule has 2 unspecified atom stereocenters. The van der Waals surface area contributed by atoms with Crippen LogP contribution in [0, 0.1) is 22.6 Å². The molecule has 1 N–H and O–H groups in total. The number of ether oxygens (including phenoxy) is 1. The lowest BCUT2D eigenvalue weighted by Crippen LogP contribution is -2.36. The highest BCUT2D eigenvalue weighted by molar-refractivity contribution is 6.30. The molecule has 5 heteroatoms. The van der Waals surface area contributed by atoms with Crippen molar-refractivity contribution in [3.8, 4) is 6.07 Å². The molecule has 96 valence electrons.